The van der Waals surface area contributed by atoms with Crippen LogP contribution in [0.4, 0.5) is 11.4 Å². The maximum atomic E-state index is 10.6. The molecule has 0 heterocycles. The van der Waals surface area contributed by atoms with Gasteiger partial charge in [-0.05, 0) is 35.4 Å². The first kappa shape index (κ1) is 19.1. The van der Waals surface area contributed by atoms with Crippen LogP contribution >= 0.6 is 0 Å². The zero-order valence-corrected chi connectivity index (χ0v) is 13.6. The van der Waals surface area contributed by atoms with E-state index in [1.54, 1.807) is 0 Å². The highest BCUT2D eigenvalue weighted by atomic mass is 16.6. The molecule has 0 bridgehead atoms. The Morgan fingerprint density at radius 3 is 1.31 bits per heavy atom. The van der Waals surface area contributed by atoms with Crippen molar-refractivity contribution in [2.75, 3.05) is 0 Å². The number of nitrogens with zero attached hydrogens (tertiary/aromatic N) is 2. The summed E-state index contributed by atoms with van der Waals surface area (Å²) in [6, 6.07) is 11.1. The van der Waals surface area contributed by atoms with Crippen LogP contribution in [0.25, 0.3) is 0 Å². The molecule has 0 aromatic heterocycles. The number of aliphatic hydroxyl groups excluding tert-OH is 2. The fourth-order valence-electron chi connectivity index (χ4n) is 2.21. The van der Waals surface area contributed by atoms with Crippen LogP contribution in [0.5, 0.6) is 0 Å². The Morgan fingerprint density at radius 2 is 1.04 bits per heavy atom. The standard InChI is InChI=1S/C18H16N2O6/c21-17(13-5-9-15(10-6-13)19(23)24)3-1-2-4-18(22)14-7-11-16(12-8-14)20(25)26/h5-12,17-18,21-22H,3-4H2/t17-,18+. The van der Waals surface area contributed by atoms with Gasteiger partial charge in [0.1, 0.15) is 0 Å². The SMILES string of the molecule is O=[N+]([O-])c1ccc([C@H](O)CC#CC[C@H](O)c2ccc([N+](=O)[O-])cc2)cc1. The molecule has 0 aliphatic carbocycles. The molecule has 8 heteroatoms. The van der Waals surface area contributed by atoms with Crippen LogP contribution in [0, 0.1) is 32.1 Å². The van der Waals surface area contributed by atoms with Gasteiger partial charge in [0, 0.05) is 37.1 Å². The molecule has 134 valence electrons. The van der Waals surface area contributed by atoms with E-state index >= 15 is 0 Å². The minimum atomic E-state index is -0.889. The minimum Gasteiger partial charge on any atom is -0.387 e. The van der Waals surface area contributed by atoms with E-state index in [9.17, 15) is 30.4 Å². The molecule has 0 saturated carbocycles. The molecule has 2 aromatic carbocycles. The van der Waals surface area contributed by atoms with E-state index in [-0.39, 0.29) is 24.2 Å². The summed E-state index contributed by atoms with van der Waals surface area (Å²) in [7, 11) is 0. The Bertz CT molecular complexity index is 767. The van der Waals surface area contributed by atoms with Crippen molar-refractivity contribution in [1.82, 2.24) is 0 Å². The highest BCUT2D eigenvalue weighted by Crippen LogP contribution is 2.21. The predicted molar refractivity (Wildman–Crippen MR) is 93.1 cm³/mol. The molecule has 0 aliphatic heterocycles. The maximum Gasteiger partial charge on any atom is 0.269 e. The van der Waals surface area contributed by atoms with Crippen LogP contribution < -0.4 is 0 Å². The summed E-state index contributed by atoms with van der Waals surface area (Å²) in [4.78, 5) is 20.1. The number of hydrogen-bond acceptors (Lipinski definition) is 6. The van der Waals surface area contributed by atoms with Crippen molar-refractivity contribution in [3.05, 3.63) is 79.9 Å². The van der Waals surface area contributed by atoms with Crippen LogP contribution in [0.3, 0.4) is 0 Å². The second-order valence-electron chi connectivity index (χ2n) is 5.49. The van der Waals surface area contributed by atoms with E-state index in [4.69, 9.17) is 0 Å². The maximum absolute atomic E-state index is 10.6. The van der Waals surface area contributed by atoms with Crippen molar-refractivity contribution in [2.45, 2.75) is 25.0 Å². The second kappa shape index (κ2) is 8.71. The van der Waals surface area contributed by atoms with E-state index in [0.717, 1.165) is 0 Å². The van der Waals surface area contributed by atoms with Gasteiger partial charge in [0.05, 0.1) is 22.1 Å². The zero-order chi connectivity index (χ0) is 19.1. The molecule has 2 N–H and O–H groups in total. The minimum absolute atomic E-state index is 0.0572. The quantitative estimate of drug-likeness (QED) is 0.465. The van der Waals surface area contributed by atoms with E-state index < -0.39 is 22.1 Å². The van der Waals surface area contributed by atoms with Gasteiger partial charge < -0.3 is 10.2 Å². The Labute approximate surface area is 149 Å². The van der Waals surface area contributed by atoms with E-state index in [0.29, 0.717) is 11.1 Å². The Balaban J connectivity index is 1.88. The van der Waals surface area contributed by atoms with Gasteiger partial charge in [-0.3, -0.25) is 20.2 Å². The molecule has 2 aromatic rings. The highest BCUT2D eigenvalue weighted by molar-refractivity contribution is 5.35. The monoisotopic (exact) mass is 356 g/mol. The lowest BCUT2D eigenvalue weighted by molar-refractivity contribution is -0.385. The largest absolute Gasteiger partial charge is 0.387 e. The lowest BCUT2D eigenvalue weighted by Gasteiger charge is -2.07. The molecule has 2 atom stereocenters. The van der Waals surface area contributed by atoms with Gasteiger partial charge >= 0.3 is 0 Å². The predicted octanol–water partition coefficient (Wildman–Crippen LogP) is 3.05. The van der Waals surface area contributed by atoms with Crippen molar-refractivity contribution in [1.29, 1.82) is 0 Å². The summed E-state index contributed by atoms with van der Waals surface area (Å²) in [5.74, 6) is 5.50. The molecule has 0 aliphatic rings. The molecule has 0 amide bonds. The number of non-ortho nitro benzene ring substituents is 2. The fraction of sp³-hybridized carbons (Fsp3) is 0.222. The van der Waals surface area contributed by atoms with Gasteiger partial charge in [-0.2, -0.15) is 0 Å². The normalized spacial score (nSPS) is 12.5. The molecule has 8 nitrogen and oxygen atoms in total. The molecule has 0 radical (unpaired) electrons. The first-order valence-electron chi connectivity index (χ1n) is 7.69. The summed E-state index contributed by atoms with van der Waals surface area (Å²) < 4.78 is 0. The highest BCUT2D eigenvalue weighted by Gasteiger charge is 2.11. The van der Waals surface area contributed by atoms with Crippen LogP contribution in [0.15, 0.2) is 48.5 Å². The van der Waals surface area contributed by atoms with Gasteiger partial charge in [0.25, 0.3) is 11.4 Å². The van der Waals surface area contributed by atoms with Gasteiger partial charge in [-0.25, -0.2) is 0 Å². The fourth-order valence-corrected chi connectivity index (χ4v) is 2.21. The smallest absolute Gasteiger partial charge is 0.269 e. The molecule has 0 saturated heterocycles. The number of benzene rings is 2. The Hall–Kier alpha value is -3.28. The van der Waals surface area contributed by atoms with Crippen molar-refractivity contribution >= 4 is 11.4 Å². The first-order valence-corrected chi connectivity index (χ1v) is 7.69. The zero-order valence-electron chi connectivity index (χ0n) is 13.6. The van der Waals surface area contributed by atoms with Crippen LogP contribution in [-0.4, -0.2) is 20.1 Å². The number of nitro benzene ring substituents is 2. The Morgan fingerprint density at radius 1 is 0.731 bits per heavy atom. The second-order valence-corrected chi connectivity index (χ2v) is 5.49. The molecule has 0 spiro atoms. The molecule has 0 fully saturated rings. The number of aliphatic hydroxyl groups is 2. The summed E-state index contributed by atoms with van der Waals surface area (Å²) in [6.07, 6.45) is -1.55. The summed E-state index contributed by atoms with van der Waals surface area (Å²) >= 11 is 0. The van der Waals surface area contributed by atoms with Crippen molar-refractivity contribution in [3.63, 3.8) is 0 Å². The van der Waals surface area contributed by atoms with Crippen LogP contribution in [-0.2, 0) is 0 Å². The van der Waals surface area contributed by atoms with Crippen molar-refractivity contribution in [3.8, 4) is 11.8 Å². The Kier molecular flexibility index (Phi) is 6.38. The topological polar surface area (TPSA) is 127 Å². The lowest BCUT2D eigenvalue weighted by atomic mass is 10.0. The third kappa shape index (κ3) is 5.11. The third-order valence-electron chi connectivity index (χ3n) is 3.69. The summed E-state index contributed by atoms with van der Waals surface area (Å²) in [6.45, 7) is 0. The number of nitro groups is 2. The molecule has 0 unspecified atom stereocenters. The van der Waals surface area contributed by atoms with Crippen LogP contribution in [0.2, 0.25) is 0 Å². The van der Waals surface area contributed by atoms with E-state index in [2.05, 4.69) is 11.8 Å². The number of hydrogen-bond donors (Lipinski definition) is 2. The first-order chi connectivity index (χ1) is 12.4. The third-order valence-corrected chi connectivity index (χ3v) is 3.69. The van der Waals surface area contributed by atoms with Crippen LogP contribution in [0.1, 0.15) is 36.2 Å². The van der Waals surface area contributed by atoms with Gasteiger partial charge in [-0.1, -0.05) is 0 Å². The van der Waals surface area contributed by atoms with Gasteiger partial charge in [0.2, 0.25) is 0 Å². The lowest BCUT2D eigenvalue weighted by Crippen LogP contribution is -1.98. The van der Waals surface area contributed by atoms with Gasteiger partial charge in [-0.15, -0.1) is 11.8 Å². The van der Waals surface area contributed by atoms with Crippen molar-refractivity contribution < 1.29 is 20.1 Å². The average molecular weight is 356 g/mol. The average Bonchev–Trinajstić information content (AvgIpc) is 2.65. The van der Waals surface area contributed by atoms with E-state index in [1.165, 1.54) is 48.5 Å². The summed E-state index contributed by atoms with van der Waals surface area (Å²) in [5, 5.41) is 41.2. The number of rotatable bonds is 6. The molecule has 2 rings (SSSR count). The molecule has 26 heavy (non-hydrogen) atoms. The molecular formula is C18H16N2O6. The van der Waals surface area contributed by atoms with Crippen molar-refractivity contribution in [2.24, 2.45) is 0 Å². The van der Waals surface area contributed by atoms with Gasteiger partial charge in [0.15, 0.2) is 0 Å². The van der Waals surface area contributed by atoms with E-state index in [1.807, 2.05) is 0 Å². The summed E-state index contributed by atoms with van der Waals surface area (Å²) in [5.41, 5.74) is 0.915. The molecular weight excluding hydrogens is 340 g/mol.